The molecular weight excluding hydrogens is 370 g/mol. The smallest absolute Gasteiger partial charge is 0.222 e. The maximum Gasteiger partial charge on any atom is 0.222 e. The molecule has 1 saturated heterocycles. The molecule has 0 spiro atoms. The molecule has 28 heavy (non-hydrogen) atoms. The molecule has 0 aliphatic carbocycles. The second kappa shape index (κ2) is 8.80. The number of hydrogen-bond acceptors (Lipinski definition) is 4. The molecule has 1 aromatic heterocycles. The zero-order valence-corrected chi connectivity index (χ0v) is 17.0. The van der Waals surface area contributed by atoms with Crippen molar-refractivity contribution in [2.45, 2.75) is 24.9 Å². The summed E-state index contributed by atoms with van der Waals surface area (Å²) in [6.07, 6.45) is 1.43. The third-order valence-corrected chi connectivity index (χ3v) is 5.98. The minimum Gasteiger partial charge on any atom is -0.378 e. The zero-order chi connectivity index (χ0) is 19.3. The Bertz CT molecular complexity index is 946. The molecule has 2 heterocycles. The van der Waals surface area contributed by atoms with Crippen molar-refractivity contribution in [2.75, 3.05) is 32.1 Å². The molecule has 0 unspecified atom stereocenters. The minimum absolute atomic E-state index is 0.232. The van der Waals surface area contributed by atoms with Gasteiger partial charge >= 0.3 is 0 Å². The van der Waals surface area contributed by atoms with E-state index in [1.54, 1.807) is 11.8 Å². The maximum atomic E-state index is 12.3. The Hall–Kier alpha value is -2.31. The number of fused-ring (bicyclic) bond motifs is 1. The standard InChI is InChI=1S/C22H25N3O2S/c1-17-8-10-18(11-9-17)25-20-6-3-2-5-19(20)23-22(25)28-16-4-7-21(26)24-12-14-27-15-13-24/h2-3,5-6,8-11H,4,7,12-16H2,1H3. The molecule has 146 valence electrons. The summed E-state index contributed by atoms with van der Waals surface area (Å²) in [4.78, 5) is 19.1. The van der Waals surface area contributed by atoms with Crippen LogP contribution in [0.2, 0.25) is 0 Å². The Morgan fingerprint density at radius 1 is 1.11 bits per heavy atom. The number of aryl methyl sites for hydroxylation is 1. The van der Waals surface area contributed by atoms with Crippen molar-refractivity contribution in [3.05, 3.63) is 54.1 Å². The van der Waals surface area contributed by atoms with Crippen molar-refractivity contribution >= 4 is 28.7 Å². The molecular formula is C22H25N3O2S. The van der Waals surface area contributed by atoms with Gasteiger partial charge in [-0.2, -0.15) is 0 Å². The largest absolute Gasteiger partial charge is 0.378 e. The lowest BCUT2D eigenvalue weighted by atomic mass is 10.2. The number of rotatable bonds is 6. The summed E-state index contributed by atoms with van der Waals surface area (Å²) in [5.41, 5.74) is 4.46. The zero-order valence-electron chi connectivity index (χ0n) is 16.1. The van der Waals surface area contributed by atoms with Crippen LogP contribution in [-0.4, -0.2) is 52.4 Å². The average Bonchev–Trinajstić information content (AvgIpc) is 3.10. The molecule has 1 aliphatic heterocycles. The van der Waals surface area contributed by atoms with Gasteiger partial charge in [-0.15, -0.1) is 0 Å². The predicted molar refractivity (Wildman–Crippen MR) is 113 cm³/mol. The Kier molecular flexibility index (Phi) is 5.98. The van der Waals surface area contributed by atoms with Gasteiger partial charge in [0.25, 0.3) is 0 Å². The first-order chi connectivity index (χ1) is 13.7. The number of carbonyl (C=O) groups excluding carboxylic acids is 1. The highest BCUT2D eigenvalue weighted by Crippen LogP contribution is 2.28. The first kappa shape index (κ1) is 19.0. The van der Waals surface area contributed by atoms with Gasteiger partial charge in [-0.3, -0.25) is 9.36 Å². The average molecular weight is 396 g/mol. The Labute approximate surface area is 169 Å². The molecule has 0 atom stereocenters. The first-order valence-corrected chi connectivity index (χ1v) is 10.7. The van der Waals surface area contributed by atoms with Crippen molar-refractivity contribution in [3.8, 4) is 5.69 Å². The van der Waals surface area contributed by atoms with E-state index in [9.17, 15) is 4.79 Å². The number of carbonyl (C=O) groups is 1. The predicted octanol–water partition coefficient (Wildman–Crippen LogP) is 4.07. The van der Waals surface area contributed by atoms with Crippen molar-refractivity contribution in [3.63, 3.8) is 0 Å². The van der Waals surface area contributed by atoms with E-state index >= 15 is 0 Å². The van der Waals surface area contributed by atoms with Crippen LogP contribution in [0, 0.1) is 6.92 Å². The van der Waals surface area contributed by atoms with Crippen LogP contribution in [0.1, 0.15) is 18.4 Å². The molecule has 6 heteroatoms. The monoisotopic (exact) mass is 395 g/mol. The minimum atomic E-state index is 0.232. The fourth-order valence-corrected chi connectivity index (χ4v) is 4.37. The molecule has 4 rings (SSSR count). The number of ether oxygens (including phenoxy) is 1. The number of thioether (sulfide) groups is 1. The van der Waals surface area contributed by atoms with Gasteiger partial charge in [-0.1, -0.05) is 41.6 Å². The van der Waals surface area contributed by atoms with Crippen LogP contribution < -0.4 is 0 Å². The summed E-state index contributed by atoms with van der Waals surface area (Å²) in [5, 5.41) is 0.976. The van der Waals surface area contributed by atoms with Gasteiger partial charge in [0.1, 0.15) is 0 Å². The number of hydrogen-bond donors (Lipinski definition) is 0. The molecule has 0 saturated carbocycles. The van der Waals surface area contributed by atoms with E-state index in [-0.39, 0.29) is 5.91 Å². The third-order valence-electron chi connectivity index (χ3n) is 4.95. The summed E-state index contributed by atoms with van der Waals surface area (Å²) >= 11 is 1.72. The summed E-state index contributed by atoms with van der Waals surface area (Å²) in [6.45, 7) is 4.84. The van der Waals surface area contributed by atoms with E-state index in [0.717, 1.165) is 47.1 Å². The van der Waals surface area contributed by atoms with Gasteiger partial charge < -0.3 is 9.64 Å². The van der Waals surface area contributed by atoms with Gasteiger partial charge in [0.15, 0.2) is 5.16 Å². The highest BCUT2D eigenvalue weighted by Gasteiger charge is 2.17. The van der Waals surface area contributed by atoms with Crippen LogP contribution in [-0.2, 0) is 9.53 Å². The van der Waals surface area contributed by atoms with Crippen LogP contribution in [0.25, 0.3) is 16.7 Å². The lowest BCUT2D eigenvalue weighted by Gasteiger charge is -2.26. The molecule has 2 aromatic carbocycles. The second-order valence-electron chi connectivity index (χ2n) is 7.00. The number of nitrogens with zero attached hydrogens (tertiary/aromatic N) is 3. The summed E-state index contributed by atoms with van der Waals surface area (Å²) in [6, 6.07) is 16.7. The van der Waals surface area contributed by atoms with E-state index in [1.165, 1.54) is 5.56 Å². The second-order valence-corrected chi connectivity index (χ2v) is 8.06. The first-order valence-electron chi connectivity index (χ1n) is 9.75. The van der Waals surface area contributed by atoms with Gasteiger partial charge in [0.05, 0.1) is 24.2 Å². The Morgan fingerprint density at radius 2 is 1.86 bits per heavy atom. The Morgan fingerprint density at radius 3 is 2.64 bits per heavy atom. The van der Waals surface area contributed by atoms with Gasteiger partial charge in [-0.05, 0) is 37.6 Å². The van der Waals surface area contributed by atoms with E-state index in [4.69, 9.17) is 9.72 Å². The number of imidazole rings is 1. The lowest BCUT2D eigenvalue weighted by molar-refractivity contribution is -0.135. The topological polar surface area (TPSA) is 47.4 Å². The lowest BCUT2D eigenvalue weighted by Crippen LogP contribution is -2.40. The fraction of sp³-hybridized carbons (Fsp3) is 0.364. The van der Waals surface area contributed by atoms with Crippen LogP contribution in [0.15, 0.2) is 53.7 Å². The van der Waals surface area contributed by atoms with E-state index < -0.39 is 0 Å². The number of benzene rings is 2. The molecule has 0 radical (unpaired) electrons. The van der Waals surface area contributed by atoms with Crippen molar-refractivity contribution in [1.82, 2.24) is 14.5 Å². The summed E-state index contributed by atoms with van der Waals surface area (Å²) in [5.74, 6) is 1.10. The molecule has 1 aliphatic rings. The normalized spacial score (nSPS) is 14.5. The SMILES string of the molecule is Cc1ccc(-n2c(SCCCC(=O)N3CCOCC3)nc3ccccc32)cc1. The van der Waals surface area contributed by atoms with Crippen LogP contribution in [0.3, 0.4) is 0 Å². The van der Waals surface area contributed by atoms with E-state index in [2.05, 4.69) is 41.8 Å². The van der Waals surface area contributed by atoms with Crippen LogP contribution >= 0.6 is 11.8 Å². The quantitative estimate of drug-likeness (QED) is 0.466. The van der Waals surface area contributed by atoms with Crippen LogP contribution in [0.4, 0.5) is 0 Å². The molecule has 1 fully saturated rings. The number of para-hydroxylation sites is 2. The van der Waals surface area contributed by atoms with Crippen molar-refractivity contribution in [1.29, 1.82) is 0 Å². The van der Waals surface area contributed by atoms with Crippen molar-refractivity contribution in [2.24, 2.45) is 0 Å². The number of amides is 1. The van der Waals surface area contributed by atoms with E-state index in [0.29, 0.717) is 19.6 Å². The Balaban J connectivity index is 1.45. The van der Waals surface area contributed by atoms with E-state index in [1.807, 2.05) is 23.1 Å². The highest BCUT2D eigenvalue weighted by molar-refractivity contribution is 7.99. The van der Waals surface area contributed by atoms with Gasteiger partial charge in [0, 0.05) is 31.0 Å². The molecule has 0 bridgehead atoms. The van der Waals surface area contributed by atoms with Crippen LogP contribution in [0.5, 0.6) is 0 Å². The summed E-state index contributed by atoms with van der Waals surface area (Å²) < 4.78 is 7.53. The summed E-state index contributed by atoms with van der Waals surface area (Å²) in [7, 11) is 0. The number of aromatic nitrogens is 2. The molecule has 1 amide bonds. The maximum absolute atomic E-state index is 12.3. The van der Waals surface area contributed by atoms with Crippen molar-refractivity contribution < 1.29 is 9.53 Å². The van der Waals surface area contributed by atoms with Gasteiger partial charge in [0.2, 0.25) is 5.91 Å². The van der Waals surface area contributed by atoms with Gasteiger partial charge in [-0.25, -0.2) is 4.98 Å². The third kappa shape index (κ3) is 4.23. The molecule has 5 nitrogen and oxygen atoms in total. The fourth-order valence-electron chi connectivity index (χ4n) is 3.40. The number of morpholine rings is 1. The highest BCUT2D eigenvalue weighted by atomic mass is 32.2. The molecule has 0 N–H and O–H groups in total. The molecule has 3 aromatic rings.